The van der Waals surface area contributed by atoms with Crippen LogP contribution in [0.1, 0.15) is 19.7 Å². The van der Waals surface area contributed by atoms with E-state index in [2.05, 4.69) is 20.0 Å². The summed E-state index contributed by atoms with van der Waals surface area (Å²) < 4.78 is 9.76. The van der Waals surface area contributed by atoms with Gasteiger partial charge in [-0.25, -0.2) is 0 Å². The van der Waals surface area contributed by atoms with E-state index in [9.17, 15) is 0 Å². The summed E-state index contributed by atoms with van der Waals surface area (Å²) in [6.45, 7) is 4.66. The van der Waals surface area contributed by atoms with E-state index < -0.39 is 0 Å². The van der Waals surface area contributed by atoms with Crippen molar-refractivity contribution in [3.63, 3.8) is 0 Å². The van der Waals surface area contributed by atoms with Crippen LogP contribution in [0, 0.1) is 0 Å². The summed E-state index contributed by atoms with van der Waals surface area (Å²) >= 11 is 0. The molecule has 0 saturated carbocycles. The Kier molecular flexibility index (Phi) is 3.85. The number of aromatic nitrogens is 2. The zero-order valence-electron chi connectivity index (χ0n) is 8.15. The first kappa shape index (κ1) is 10.1. The lowest BCUT2D eigenvalue weighted by Crippen LogP contribution is -2.36. The zero-order valence-corrected chi connectivity index (χ0v) is 8.15. The Morgan fingerprint density at radius 2 is 2.38 bits per heavy atom. The van der Waals surface area contributed by atoms with Crippen LogP contribution in [0.5, 0.6) is 0 Å². The third-order valence-electron chi connectivity index (χ3n) is 2.07. The van der Waals surface area contributed by atoms with Crippen LogP contribution in [0.15, 0.2) is 10.9 Å². The maximum Gasteiger partial charge on any atom is 0.213 e. The summed E-state index contributed by atoms with van der Waals surface area (Å²) in [5.74, 6) is 0.662. The van der Waals surface area contributed by atoms with Gasteiger partial charge in [0.25, 0.3) is 0 Å². The highest BCUT2D eigenvalue weighted by Gasteiger charge is 2.10. The molecule has 0 bridgehead atoms. The molecule has 0 amide bonds. The molecule has 2 atom stereocenters. The third-order valence-corrected chi connectivity index (χ3v) is 2.07. The van der Waals surface area contributed by atoms with Crippen LogP contribution in [0.25, 0.3) is 0 Å². The number of hydrogen-bond acceptors (Lipinski definition) is 5. The maximum atomic E-state index is 5.16. The Balaban J connectivity index is 2.26. The Bertz CT molecular complexity index is 225. The largest absolute Gasteiger partial charge is 0.380 e. The Morgan fingerprint density at radius 3 is 2.92 bits per heavy atom. The molecule has 1 N–H and O–H groups in total. The Hall–Kier alpha value is -0.940. The van der Waals surface area contributed by atoms with Crippen molar-refractivity contribution >= 4 is 0 Å². The number of hydrogen-bond donors (Lipinski definition) is 1. The molecule has 13 heavy (non-hydrogen) atoms. The number of nitrogens with zero attached hydrogens (tertiary/aromatic N) is 2. The molecule has 0 fully saturated rings. The number of rotatable bonds is 5. The SMILES string of the molecule is COC(C)C(C)NCc1ncon1. The van der Waals surface area contributed by atoms with Gasteiger partial charge in [0.2, 0.25) is 6.39 Å². The van der Waals surface area contributed by atoms with Crippen molar-refractivity contribution in [2.24, 2.45) is 0 Å². The first-order valence-corrected chi connectivity index (χ1v) is 4.25. The minimum atomic E-state index is 0.173. The van der Waals surface area contributed by atoms with Gasteiger partial charge in [0.05, 0.1) is 12.6 Å². The smallest absolute Gasteiger partial charge is 0.213 e. The Morgan fingerprint density at radius 1 is 1.62 bits per heavy atom. The summed E-state index contributed by atoms with van der Waals surface area (Å²) in [7, 11) is 1.69. The topological polar surface area (TPSA) is 60.2 Å². The second-order valence-corrected chi connectivity index (χ2v) is 2.96. The highest BCUT2D eigenvalue weighted by atomic mass is 16.5. The maximum absolute atomic E-state index is 5.16. The molecule has 2 unspecified atom stereocenters. The van der Waals surface area contributed by atoms with E-state index in [4.69, 9.17) is 4.74 Å². The van der Waals surface area contributed by atoms with Crippen molar-refractivity contribution in [1.29, 1.82) is 0 Å². The van der Waals surface area contributed by atoms with Crippen LogP contribution >= 0.6 is 0 Å². The van der Waals surface area contributed by atoms with Gasteiger partial charge in [0.1, 0.15) is 0 Å². The summed E-state index contributed by atoms with van der Waals surface area (Å²) in [6, 6.07) is 0.267. The van der Waals surface area contributed by atoms with Crippen molar-refractivity contribution < 1.29 is 9.26 Å². The van der Waals surface area contributed by atoms with Crippen molar-refractivity contribution in [1.82, 2.24) is 15.5 Å². The summed E-state index contributed by atoms with van der Waals surface area (Å²) in [5.41, 5.74) is 0. The molecule has 0 saturated heterocycles. The average Bonchev–Trinajstić information content (AvgIpc) is 2.65. The van der Waals surface area contributed by atoms with Crippen LogP contribution in [-0.2, 0) is 11.3 Å². The molecule has 1 aromatic rings. The fourth-order valence-electron chi connectivity index (χ4n) is 0.893. The van der Waals surface area contributed by atoms with Gasteiger partial charge in [-0.05, 0) is 13.8 Å². The molecule has 0 aliphatic heterocycles. The molecule has 0 aliphatic carbocycles. The number of ether oxygens (including phenoxy) is 1. The predicted octanol–water partition coefficient (Wildman–Crippen LogP) is 0.583. The van der Waals surface area contributed by atoms with E-state index in [0.29, 0.717) is 12.4 Å². The highest BCUT2D eigenvalue weighted by Crippen LogP contribution is 1.97. The summed E-state index contributed by atoms with van der Waals surface area (Å²) in [4.78, 5) is 3.89. The second-order valence-electron chi connectivity index (χ2n) is 2.96. The normalized spacial score (nSPS) is 15.6. The first-order chi connectivity index (χ1) is 6.24. The molecule has 0 aromatic carbocycles. The molecular formula is C8H15N3O2. The highest BCUT2D eigenvalue weighted by molar-refractivity contribution is 4.79. The van der Waals surface area contributed by atoms with Crippen molar-refractivity contribution in [2.75, 3.05) is 7.11 Å². The molecule has 5 nitrogen and oxygen atoms in total. The number of methoxy groups -OCH3 is 1. The van der Waals surface area contributed by atoms with Crippen LogP contribution < -0.4 is 5.32 Å². The van der Waals surface area contributed by atoms with Gasteiger partial charge in [0.15, 0.2) is 5.82 Å². The third kappa shape index (κ3) is 3.12. The number of nitrogens with one attached hydrogen (secondary N) is 1. The van der Waals surface area contributed by atoms with E-state index >= 15 is 0 Å². The predicted molar refractivity (Wildman–Crippen MR) is 47.1 cm³/mol. The molecule has 1 rings (SSSR count). The van der Waals surface area contributed by atoms with Gasteiger partial charge in [-0.15, -0.1) is 0 Å². The van der Waals surface area contributed by atoms with Crippen LogP contribution in [-0.4, -0.2) is 29.4 Å². The molecule has 1 aromatic heterocycles. The van der Waals surface area contributed by atoms with Gasteiger partial charge in [-0.2, -0.15) is 4.98 Å². The molecular weight excluding hydrogens is 170 g/mol. The minimum Gasteiger partial charge on any atom is -0.380 e. The van der Waals surface area contributed by atoms with Crippen LogP contribution in [0.4, 0.5) is 0 Å². The van der Waals surface area contributed by atoms with Crippen molar-refractivity contribution in [3.8, 4) is 0 Å². The quantitative estimate of drug-likeness (QED) is 0.727. The van der Waals surface area contributed by atoms with Crippen molar-refractivity contribution in [2.45, 2.75) is 32.5 Å². The molecule has 0 spiro atoms. The lowest BCUT2D eigenvalue weighted by molar-refractivity contribution is 0.0879. The average molecular weight is 185 g/mol. The summed E-state index contributed by atoms with van der Waals surface area (Å²) in [5, 5.41) is 6.91. The fraction of sp³-hybridized carbons (Fsp3) is 0.750. The zero-order chi connectivity index (χ0) is 9.68. The van der Waals surface area contributed by atoms with Gasteiger partial charge < -0.3 is 14.6 Å². The molecule has 1 heterocycles. The molecule has 0 aliphatic rings. The van der Waals surface area contributed by atoms with Crippen LogP contribution in [0.2, 0.25) is 0 Å². The van der Waals surface area contributed by atoms with Gasteiger partial charge >= 0.3 is 0 Å². The lowest BCUT2D eigenvalue weighted by atomic mass is 10.2. The first-order valence-electron chi connectivity index (χ1n) is 4.25. The van der Waals surface area contributed by atoms with Crippen LogP contribution in [0.3, 0.4) is 0 Å². The van der Waals surface area contributed by atoms with E-state index in [0.717, 1.165) is 0 Å². The minimum absolute atomic E-state index is 0.173. The van der Waals surface area contributed by atoms with Crippen molar-refractivity contribution in [3.05, 3.63) is 12.2 Å². The second kappa shape index (κ2) is 4.94. The molecule has 74 valence electrons. The van der Waals surface area contributed by atoms with Gasteiger partial charge in [-0.1, -0.05) is 5.16 Å². The summed E-state index contributed by atoms with van der Waals surface area (Å²) in [6.07, 6.45) is 1.49. The van der Waals surface area contributed by atoms with E-state index in [1.54, 1.807) is 7.11 Å². The van der Waals surface area contributed by atoms with Gasteiger partial charge in [-0.3, -0.25) is 0 Å². The monoisotopic (exact) mass is 185 g/mol. The molecule has 5 heteroatoms. The Labute approximate surface area is 77.5 Å². The van der Waals surface area contributed by atoms with E-state index in [1.807, 2.05) is 13.8 Å². The van der Waals surface area contributed by atoms with E-state index in [-0.39, 0.29) is 12.1 Å². The van der Waals surface area contributed by atoms with E-state index in [1.165, 1.54) is 6.39 Å². The lowest BCUT2D eigenvalue weighted by Gasteiger charge is -2.18. The fourth-order valence-corrected chi connectivity index (χ4v) is 0.893. The standard InChI is InChI=1S/C8H15N3O2/c1-6(7(2)12-3)9-4-8-10-5-13-11-8/h5-7,9H,4H2,1-3H3. The van der Waals surface area contributed by atoms with Gasteiger partial charge in [0, 0.05) is 13.2 Å². The molecule has 0 radical (unpaired) electrons.